The summed E-state index contributed by atoms with van der Waals surface area (Å²) in [5.74, 6) is 3.13. The lowest BCUT2D eigenvalue weighted by Crippen LogP contribution is -2.37. The number of para-hydroxylation sites is 2. The Morgan fingerprint density at radius 2 is 2.11 bits per heavy atom. The van der Waals surface area contributed by atoms with Gasteiger partial charge in [0.1, 0.15) is 5.82 Å². The molecule has 6 nitrogen and oxygen atoms in total. The van der Waals surface area contributed by atoms with Gasteiger partial charge in [-0.2, -0.15) is 0 Å². The number of benzene rings is 1. The van der Waals surface area contributed by atoms with Gasteiger partial charge in [-0.3, -0.25) is 0 Å². The number of aliphatic imine (C=N–C) groups is 1. The topological polar surface area (TPSA) is 66.1 Å². The van der Waals surface area contributed by atoms with Crippen molar-refractivity contribution >= 4 is 11.5 Å². The van der Waals surface area contributed by atoms with Crippen LogP contribution >= 0.6 is 0 Å². The molecule has 0 spiro atoms. The van der Waals surface area contributed by atoms with Gasteiger partial charge in [-0.1, -0.05) is 18.7 Å². The van der Waals surface area contributed by atoms with Gasteiger partial charge >= 0.3 is 0 Å². The molecule has 0 aromatic heterocycles. The summed E-state index contributed by atoms with van der Waals surface area (Å²) in [6, 6.07) is 8.34. The van der Waals surface area contributed by atoms with E-state index in [4.69, 9.17) is 10.5 Å². The van der Waals surface area contributed by atoms with Crippen LogP contribution in [0, 0.1) is 0 Å². The van der Waals surface area contributed by atoms with Gasteiger partial charge in [0.05, 0.1) is 11.9 Å². The van der Waals surface area contributed by atoms with Gasteiger partial charge in [-0.15, -0.1) is 0 Å². The summed E-state index contributed by atoms with van der Waals surface area (Å²) in [4.78, 5) is 9.46. The van der Waals surface area contributed by atoms with E-state index in [0.717, 1.165) is 74.3 Å². The second-order valence-corrected chi connectivity index (χ2v) is 7.42. The van der Waals surface area contributed by atoms with Crippen molar-refractivity contribution in [2.75, 3.05) is 31.5 Å². The fourth-order valence-corrected chi connectivity index (χ4v) is 4.01. The average Bonchev–Trinajstić information content (AvgIpc) is 2.92. The maximum atomic E-state index is 6.09. The number of amidine groups is 1. The number of hydrogen-bond acceptors (Lipinski definition) is 6. The van der Waals surface area contributed by atoms with Crippen LogP contribution in [0.3, 0.4) is 0 Å². The summed E-state index contributed by atoms with van der Waals surface area (Å²) in [5.41, 5.74) is 6.56. The van der Waals surface area contributed by atoms with E-state index in [1.165, 1.54) is 12.8 Å². The van der Waals surface area contributed by atoms with Crippen LogP contribution in [-0.4, -0.2) is 47.9 Å². The molecule has 3 N–H and O–H groups in total. The molecule has 3 aliphatic rings. The third-order valence-corrected chi connectivity index (χ3v) is 5.50. The number of ether oxygens (including phenoxy) is 1. The second-order valence-electron chi connectivity index (χ2n) is 7.42. The van der Waals surface area contributed by atoms with Gasteiger partial charge in [-0.25, -0.2) is 4.99 Å². The van der Waals surface area contributed by atoms with E-state index in [9.17, 15) is 0 Å². The molecule has 1 aromatic rings. The van der Waals surface area contributed by atoms with Crippen molar-refractivity contribution in [1.82, 2.24) is 9.80 Å². The maximum absolute atomic E-state index is 6.09. The number of nitrogens with two attached hydrogens (primary N) is 1. The lowest BCUT2D eigenvalue weighted by atomic mass is 10.1. The first-order valence-corrected chi connectivity index (χ1v) is 9.99. The molecule has 0 amide bonds. The van der Waals surface area contributed by atoms with Crippen molar-refractivity contribution in [2.45, 2.75) is 38.1 Å². The van der Waals surface area contributed by atoms with E-state index in [2.05, 4.69) is 32.9 Å². The van der Waals surface area contributed by atoms with Crippen LogP contribution in [0.4, 0.5) is 5.69 Å². The number of fused-ring (bicyclic) bond motifs is 2. The first-order valence-electron chi connectivity index (χ1n) is 9.99. The molecule has 1 atom stereocenters. The average molecular weight is 367 g/mol. The van der Waals surface area contributed by atoms with Crippen LogP contribution in [0.2, 0.25) is 0 Å². The zero-order valence-electron chi connectivity index (χ0n) is 15.9. The first-order chi connectivity index (χ1) is 13.2. The number of anilines is 1. The molecule has 144 valence electrons. The molecular weight excluding hydrogens is 338 g/mol. The van der Waals surface area contributed by atoms with Gasteiger partial charge < -0.3 is 25.6 Å². The summed E-state index contributed by atoms with van der Waals surface area (Å²) in [5, 5.41) is 3.35. The molecule has 1 fully saturated rings. The van der Waals surface area contributed by atoms with Crippen molar-refractivity contribution in [3.63, 3.8) is 0 Å². The highest BCUT2D eigenvalue weighted by molar-refractivity contribution is 6.10. The number of nitrogens with zero attached hydrogens (tertiary/aromatic N) is 3. The largest absolute Gasteiger partial charge is 0.450 e. The lowest BCUT2D eigenvalue weighted by Gasteiger charge is -2.35. The smallest absolute Gasteiger partial charge is 0.186 e. The molecule has 0 aliphatic carbocycles. The van der Waals surface area contributed by atoms with E-state index in [0.29, 0.717) is 6.04 Å². The third kappa shape index (κ3) is 4.01. The van der Waals surface area contributed by atoms with Crippen molar-refractivity contribution in [3.8, 4) is 5.75 Å². The molecule has 1 saturated heterocycles. The summed E-state index contributed by atoms with van der Waals surface area (Å²) in [7, 11) is 0. The second kappa shape index (κ2) is 8.15. The number of nitrogens with one attached hydrogen (secondary N) is 1. The molecule has 1 unspecified atom stereocenters. The Morgan fingerprint density at radius 3 is 3.00 bits per heavy atom. The van der Waals surface area contributed by atoms with Crippen LogP contribution in [0.5, 0.6) is 5.75 Å². The molecule has 4 rings (SSSR count). The van der Waals surface area contributed by atoms with E-state index in [-0.39, 0.29) is 0 Å². The zero-order valence-corrected chi connectivity index (χ0v) is 15.9. The van der Waals surface area contributed by atoms with Gasteiger partial charge in [0.2, 0.25) is 0 Å². The fraction of sp³-hybridized carbons (Fsp3) is 0.476. The van der Waals surface area contributed by atoms with Crippen LogP contribution in [0.1, 0.15) is 32.1 Å². The SMILES string of the molecule is C=C1N=C2Nc3ccccc3OC2=CN1C1CCCN(CCCCN)CC1. The quantitative estimate of drug-likeness (QED) is 0.783. The van der Waals surface area contributed by atoms with Gasteiger partial charge in [0.25, 0.3) is 0 Å². The molecule has 0 bridgehead atoms. The standard InChI is InChI=1S/C21H29N5O/c1-16-23-21-20(27-19-9-3-2-8-18(19)24-21)15-26(16)17-7-6-13-25(14-10-17)12-5-4-11-22/h2-3,8-9,15,17H,1,4-7,10-14,22H2,(H,23,24). The zero-order chi connectivity index (χ0) is 18.6. The highest BCUT2D eigenvalue weighted by Gasteiger charge is 2.30. The highest BCUT2D eigenvalue weighted by Crippen LogP contribution is 2.34. The molecule has 3 heterocycles. The summed E-state index contributed by atoms with van der Waals surface area (Å²) >= 11 is 0. The highest BCUT2D eigenvalue weighted by atomic mass is 16.5. The molecule has 0 radical (unpaired) electrons. The van der Waals surface area contributed by atoms with Gasteiger partial charge in [0.15, 0.2) is 17.3 Å². The van der Waals surface area contributed by atoms with Crippen LogP contribution < -0.4 is 15.8 Å². The summed E-state index contributed by atoms with van der Waals surface area (Å²) in [6.07, 6.45) is 7.82. The van der Waals surface area contributed by atoms with E-state index >= 15 is 0 Å². The minimum Gasteiger partial charge on any atom is -0.450 e. The molecule has 0 saturated carbocycles. The van der Waals surface area contributed by atoms with E-state index in [1.54, 1.807) is 0 Å². The predicted molar refractivity (Wildman–Crippen MR) is 110 cm³/mol. The Morgan fingerprint density at radius 1 is 1.22 bits per heavy atom. The van der Waals surface area contributed by atoms with Crippen LogP contribution in [0.25, 0.3) is 0 Å². The third-order valence-electron chi connectivity index (χ3n) is 5.50. The molecule has 3 aliphatic heterocycles. The van der Waals surface area contributed by atoms with Crippen molar-refractivity contribution in [1.29, 1.82) is 0 Å². The Labute approximate surface area is 161 Å². The molecule has 1 aromatic carbocycles. The van der Waals surface area contributed by atoms with E-state index < -0.39 is 0 Å². The number of likely N-dealkylation sites (tertiary alicyclic amines) is 1. The fourth-order valence-electron chi connectivity index (χ4n) is 4.01. The molecule has 6 heteroatoms. The molecule has 27 heavy (non-hydrogen) atoms. The Kier molecular flexibility index (Phi) is 5.45. The lowest BCUT2D eigenvalue weighted by molar-refractivity contribution is 0.258. The first kappa shape index (κ1) is 18.1. The van der Waals surface area contributed by atoms with Crippen LogP contribution in [-0.2, 0) is 0 Å². The Balaban J connectivity index is 1.44. The minimum atomic E-state index is 0.413. The predicted octanol–water partition coefficient (Wildman–Crippen LogP) is 3.11. The van der Waals surface area contributed by atoms with Gasteiger partial charge in [0, 0.05) is 12.6 Å². The van der Waals surface area contributed by atoms with Gasteiger partial charge in [-0.05, 0) is 63.9 Å². The normalized spacial score (nSPS) is 22.6. The number of rotatable bonds is 5. The van der Waals surface area contributed by atoms with E-state index in [1.807, 2.05) is 24.3 Å². The summed E-state index contributed by atoms with van der Waals surface area (Å²) < 4.78 is 6.09. The Hall–Kier alpha value is -2.31. The van der Waals surface area contributed by atoms with Crippen molar-refractivity contribution in [3.05, 3.63) is 48.6 Å². The number of hydrogen-bond donors (Lipinski definition) is 2. The van der Waals surface area contributed by atoms with Crippen molar-refractivity contribution < 1.29 is 4.74 Å². The Bertz CT molecular complexity index is 757. The number of unbranched alkanes of at least 4 members (excludes halogenated alkanes) is 1. The minimum absolute atomic E-state index is 0.413. The molecular formula is C21H29N5O. The van der Waals surface area contributed by atoms with Crippen LogP contribution in [0.15, 0.2) is 53.6 Å². The maximum Gasteiger partial charge on any atom is 0.186 e. The van der Waals surface area contributed by atoms with Crippen molar-refractivity contribution in [2.24, 2.45) is 10.7 Å². The summed E-state index contributed by atoms with van der Waals surface area (Å²) in [6.45, 7) is 8.41. The monoisotopic (exact) mass is 367 g/mol.